The fraction of sp³-hybridized carbons (Fsp3) is 0.435. The highest BCUT2D eigenvalue weighted by atomic mass is 32.2. The molecule has 2 aromatic carbocycles. The molecule has 0 bridgehead atoms. The van der Waals surface area contributed by atoms with E-state index in [1.807, 2.05) is 6.07 Å². The first-order valence-electron chi connectivity index (χ1n) is 11.0. The van der Waals surface area contributed by atoms with Crippen molar-refractivity contribution in [1.29, 1.82) is 0 Å². The number of nitrogens with one attached hydrogen (secondary N) is 1. The molecule has 4 atom stereocenters. The van der Waals surface area contributed by atoms with Crippen LogP contribution in [0.15, 0.2) is 59.5 Å². The van der Waals surface area contributed by atoms with E-state index in [1.54, 1.807) is 24.3 Å². The standard InChI is InChI=1S/C23H29NO11S2/c1-23(2)34-20(18(25)14-32-36(4,27)28)21(35-23)19(22(26)31-3)24-37(29,30)17-12-10-16(11-13-17)33-15-8-6-5-7-9-15/h5-13,18-21,24-25H,14H2,1-4H3/t18-,19-,20-,21-/m1/s1. The molecule has 0 aliphatic carbocycles. The van der Waals surface area contributed by atoms with Gasteiger partial charge in [0.25, 0.3) is 10.1 Å². The average Bonchev–Trinajstić information content (AvgIpc) is 3.16. The van der Waals surface area contributed by atoms with Gasteiger partial charge in [-0.2, -0.15) is 13.1 Å². The normalized spacial score (nSPS) is 21.2. The van der Waals surface area contributed by atoms with Gasteiger partial charge in [0, 0.05) is 0 Å². The Morgan fingerprint density at radius 3 is 2.14 bits per heavy atom. The van der Waals surface area contributed by atoms with Crippen LogP contribution in [0.4, 0.5) is 0 Å². The number of esters is 1. The number of aliphatic hydroxyl groups is 1. The second-order valence-corrected chi connectivity index (χ2v) is 12.0. The molecule has 0 saturated carbocycles. The Hall–Kier alpha value is -2.59. The number of hydrogen-bond donors (Lipinski definition) is 2. The number of hydrogen-bond acceptors (Lipinski definition) is 11. The topological polar surface area (TPSA) is 164 Å². The molecule has 1 aliphatic heterocycles. The smallest absolute Gasteiger partial charge is 0.326 e. The Morgan fingerprint density at radius 1 is 1.00 bits per heavy atom. The second-order valence-electron chi connectivity index (χ2n) is 8.63. The molecule has 1 heterocycles. The van der Waals surface area contributed by atoms with E-state index >= 15 is 0 Å². The molecule has 1 fully saturated rings. The van der Waals surface area contributed by atoms with Crippen LogP contribution >= 0.6 is 0 Å². The molecule has 37 heavy (non-hydrogen) atoms. The van der Waals surface area contributed by atoms with E-state index in [-0.39, 0.29) is 4.90 Å². The monoisotopic (exact) mass is 559 g/mol. The van der Waals surface area contributed by atoms with E-state index in [4.69, 9.17) is 18.9 Å². The number of ether oxygens (including phenoxy) is 4. The van der Waals surface area contributed by atoms with Gasteiger partial charge in [-0.05, 0) is 50.2 Å². The summed E-state index contributed by atoms with van der Waals surface area (Å²) in [5, 5.41) is 10.5. The van der Waals surface area contributed by atoms with E-state index < -0.39 is 62.9 Å². The van der Waals surface area contributed by atoms with Gasteiger partial charge in [0.2, 0.25) is 10.0 Å². The first-order valence-corrected chi connectivity index (χ1v) is 14.3. The maximum atomic E-state index is 13.2. The van der Waals surface area contributed by atoms with Gasteiger partial charge in [-0.15, -0.1) is 0 Å². The van der Waals surface area contributed by atoms with Gasteiger partial charge >= 0.3 is 5.97 Å². The van der Waals surface area contributed by atoms with Crippen LogP contribution in [-0.4, -0.2) is 78.0 Å². The summed E-state index contributed by atoms with van der Waals surface area (Å²) in [6.07, 6.45) is -3.52. The average molecular weight is 560 g/mol. The largest absolute Gasteiger partial charge is 0.468 e. The van der Waals surface area contributed by atoms with Gasteiger partial charge in [-0.3, -0.25) is 8.98 Å². The molecule has 0 radical (unpaired) electrons. The number of para-hydroxylation sites is 1. The van der Waals surface area contributed by atoms with Crippen LogP contribution < -0.4 is 9.46 Å². The van der Waals surface area contributed by atoms with Gasteiger partial charge in [-0.1, -0.05) is 18.2 Å². The summed E-state index contributed by atoms with van der Waals surface area (Å²) in [6.45, 7) is 2.26. The molecule has 2 aromatic rings. The summed E-state index contributed by atoms with van der Waals surface area (Å²) in [7, 11) is -7.15. The van der Waals surface area contributed by atoms with Crippen molar-refractivity contribution in [2.45, 2.75) is 48.9 Å². The predicted molar refractivity (Wildman–Crippen MR) is 130 cm³/mol. The summed E-state index contributed by atoms with van der Waals surface area (Å²) >= 11 is 0. The Kier molecular flexibility index (Phi) is 8.95. The van der Waals surface area contributed by atoms with Gasteiger partial charge < -0.3 is 24.1 Å². The van der Waals surface area contributed by atoms with Crippen LogP contribution in [-0.2, 0) is 43.3 Å². The summed E-state index contributed by atoms with van der Waals surface area (Å²) < 4.78 is 77.7. The number of aliphatic hydroxyl groups excluding tert-OH is 1. The van der Waals surface area contributed by atoms with Crippen molar-refractivity contribution in [3.8, 4) is 11.5 Å². The van der Waals surface area contributed by atoms with Crippen LogP contribution in [0, 0.1) is 0 Å². The second kappa shape index (κ2) is 11.4. The highest BCUT2D eigenvalue weighted by Gasteiger charge is 2.52. The quantitative estimate of drug-likeness (QED) is 0.300. The zero-order chi connectivity index (χ0) is 27.4. The molecule has 12 nitrogen and oxygen atoms in total. The molecular weight excluding hydrogens is 530 g/mol. The highest BCUT2D eigenvalue weighted by Crippen LogP contribution is 2.33. The SMILES string of the molecule is COC(=O)[C@H](NS(=O)(=O)c1ccc(Oc2ccccc2)cc1)[C@H]1OC(C)(C)O[C@@H]1[C@H](O)COS(C)(=O)=O. The fourth-order valence-electron chi connectivity index (χ4n) is 3.58. The third-order valence-electron chi connectivity index (χ3n) is 5.17. The summed E-state index contributed by atoms with van der Waals surface area (Å²) in [5.74, 6) is -1.42. The van der Waals surface area contributed by atoms with Gasteiger partial charge in [0.1, 0.15) is 35.9 Å². The molecular formula is C23H29NO11S2. The maximum absolute atomic E-state index is 13.2. The van der Waals surface area contributed by atoms with Crippen molar-refractivity contribution >= 4 is 26.1 Å². The molecule has 2 N–H and O–H groups in total. The number of carbonyl (C=O) groups excluding carboxylic acids is 1. The Labute approximate surface area is 215 Å². The van der Waals surface area contributed by atoms with Gasteiger partial charge in [-0.25, -0.2) is 8.42 Å². The summed E-state index contributed by atoms with van der Waals surface area (Å²) in [4.78, 5) is 12.5. The van der Waals surface area contributed by atoms with E-state index in [9.17, 15) is 26.7 Å². The first kappa shape index (κ1) is 29.0. The number of benzene rings is 2. The van der Waals surface area contributed by atoms with Crippen LogP contribution in [0.25, 0.3) is 0 Å². The van der Waals surface area contributed by atoms with E-state index in [0.717, 1.165) is 13.4 Å². The molecule has 0 spiro atoms. The van der Waals surface area contributed by atoms with Crippen LogP contribution in [0.5, 0.6) is 11.5 Å². The minimum atomic E-state index is -4.31. The van der Waals surface area contributed by atoms with Crippen molar-refractivity contribution < 1.29 is 49.9 Å². The Bertz CT molecular complexity index is 1280. The lowest BCUT2D eigenvalue weighted by Crippen LogP contribution is -2.55. The van der Waals surface area contributed by atoms with Crippen molar-refractivity contribution in [2.75, 3.05) is 20.0 Å². The number of carbonyl (C=O) groups is 1. The molecule has 204 valence electrons. The zero-order valence-electron chi connectivity index (χ0n) is 20.6. The molecule has 14 heteroatoms. The fourth-order valence-corrected chi connectivity index (χ4v) is 5.17. The van der Waals surface area contributed by atoms with Crippen molar-refractivity contribution in [3.05, 3.63) is 54.6 Å². The van der Waals surface area contributed by atoms with Gasteiger partial charge in [0.05, 0.1) is 24.9 Å². The van der Waals surface area contributed by atoms with E-state index in [1.165, 1.54) is 38.1 Å². The predicted octanol–water partition coefficient (Wildman–Crippen LogP) is 1.16. The van der Waals surface area contributed by atoms with Crippen LogP contribution in [0.2, 0.25) is 0 Å². The van der Waals surface area contributed by atoms with Crippen molar-refractivity contribution in [1.82, 2.24) is 4.72 Å². The molecule has 0 amide bonds. The van der Waals surface area contributed by atoms with Gasteiger partial charge in [0.15, 0.2) is 5.79 Å². The highest BCUT2D eigenvalue weighted by molar-refractivity contribution is 7.89. The number of methoxy groups -OCH3 is 1. The third-order valence-corrected chi connectivity index (χ3v) is 7.20. The summed E-state index contributed by atoms with van der Waals surface area (Å²) in [6, 6.07) is 12.7. The first-order chi connectivity index (χ1) is 17.2. The minimum Gasteiger partial charge on any atom is -0.468 e. The van der Waals surface area contributed by atoms with Crippen molar-refractivity contribution in [3.63, 3.8) is 0 Å². The van der Waals surface area contributed by atoms with E-state index in [0.29, 0.717) is 11.5 Å². The third kappa shape index (κ3) is 7.95. The molecule has 1 aliphatic rings. The lowest BCUT2D eigenvalue weighted by molar-refractivity contribution is -0.161. The molecule has 0 unspecified atom stereocenters. The Morgan fingerprint density at radius 2 is 1.57 bits per heavy atom. The maximum Gasteiger partial charge on any atom is 0.326 e. The Balaban J connectivity index is 1.83. The summed E-state index contributed by atoms with van der Waals surface area (Å²) in [5.41, 5.74) is 0. The van der Waals surface area contributed by atoms with Crippen LogP contribution in [0.3, 0.4) is 0 Å². The minimum absolute atomic E-state index is 0.183. The van der Waals surface area contributed by atoms with Crippen molar-refractivity contribution in [2.24, 2.45) is 0 Å². The molecule has 1 saturated heterocycles. The zero-order valence-corrected chi connectivity index (χ0v) is 22.2. The number of sulfonamides is 1. The van der Waals surface area contributed by atoms with E-state index in [2.05, 4.69) is 8.91 Å². The molecule has 3 rings (SSSR count). The lowest BCUT2D eigenvalue weighted by Gasteiger charge is -2.27. The number of rotatable bonds is 11. The van der Waals surface area contributed by atoms with Crippen LogP contribution in [0.1, 0.15) is 13.8 Å². The molecule has 0 aromatic heterocycles. The lowest BCUT2D eigenvalue weighted by atomic mass is 10.0.